The van der Waals surface area contributed by atoms with Crippen molar-refractivity contribution in [1.29, 1.82) is 0 Å². The molecule has 2 aromatic carbocycles. The zero-order valence-electron chi connectivity index (χ0n) is 15.9. The number of carbonyl (C=O) groups excluding carboxylic acids is 1. The van der Waals surface area contributed by atoms with Crippen LogP contribution < -0.4 is 14.4 Å². The predicted octanol–water partition coefficient (Wildman–Crippen LogP) is 3.25. The number of nitrogens with zero attached hydrogens (tertiary/aromatic N) is 3. The summed E-state index contributed by atoms with van der Waals surface area (Å²) in [5, 5.41) is 11.0. The molecule has 0 saturated heterocycles. The number of ether oxygens (including phenoxy) is 1. The van der Waals surface area contributed by atoms with Crippen LogP contribution in [0.25, 0.3) is 0 Å². The van der Waals surface area contributed by atoms with Gasteiger partial charge < -0.3 is 4.74 Å². The number of para-hydroxylation sites is 2. The van der Waals surface area contributed by atoms with Crippen LogP contribution in [0.3, 0.4) is 0 Å². The summed E-state index contributed by atoms with van der Waals surface area (Å²) in [6.07, 6.45) is -1.04. The van der Waals surface area contributed by atoms with Crippen LogP contribution in [0.5, 0.6) is 5.75 Å². The van der Waals surface area contributed by atoms with Crippen molar-refractivity contribution in [2.24, 2.45) is 0 Å². The average molecular weight is 463 g/mol. The molecule has 0 saturated carbocycles. The summed E-state index contributed by atoms with van der Waals surface area (Å²) in [5.74, 6) is 0.682. The number of amides is 1. The van der Waals surface area contributed by atoms with E-state index in [0.717, 1.165) is 10.1 Å². The first-order valence-corrected chi connectivity index (χ1v) is 12.3. The van der Waals surface area contributed by atoms with Gasteiger partial charge in [-0.1, -0.05) is 60.4 Å². The van der Waals surface area contributed by atoms with Crippen molar-refractivity contribution in [2.45, 2.75) is 22.3 Å². The maximum Gasteiger partial charge on any atom is 0.269 e. The summed E-state index contributed by atoms with van der Waals surface area (Å²) in [4.78, 5) is 13.0. The molecule has 2 heterocycles. The van der Waals surface area contributed by atoms with E-state index in [1.54, 1.807) is 42.5 Å². The highest BCUT2D eigenvalue weighted by molar-refractivity contribution is 8.01. The van der Waals surface area contributed by atoms with Crippen LogP contribution >= 0.6 is 23.1 Å². The minimum atomic E-state index is -3.87. The number of rotatable bonds is 6. The number of benzene rings is 2. The zero-order valence-corrected chi connectivity index (χ0v) is 18.3. The molecule has 0 unspecified atom stereocenters. The largest absolute Gasteiger partial charge is 0.476 e. The summed E-state index contributed by atoms with van der Waals surface area (Å²) >= 11 is 2.79. The lowest BCUT2D eigenvalue weighted by Gasteiger charge is -2.34. The molecule has 0 spiro atoms. The van der Waals surface area contributed by atoms with Gasteiger partial charge in [-0.05, 0) is 30.0 Å². The third-order valence-corrected chi connectivity index (χ3v) is 7.91. The van der Waals surface area contributed by atoms with Crippen molar-refractivity contribution in [3.05, 3.63) is 54.6 Å². The SMILES string of the molecule is CCSc1nnc(NC(=O)[C@@H]2CN(S(=O)(=O)c3ccccc3)c3ccccc3O2)s1. The van der Waals surface area contributed by atoms with Crippen LogP contribution in [-0.4, -0.2) is 42.9 Å². The fourth-order valence-corrected chi connectivity index (χ4v) is 6.06. The van der Waals surface area contributed by atoms with Crippen molar-refractivity contribution in [2.75, 3.05) is 21.9 Å². The molecule has 11 heteroatoms. The van der Waals surface area contributed by atoms with Crippen LogP contribution in [0.15, 0.2) is 63.8 Å². The summed E-state index contributed by atoms with van der Waals surface area (Å²) in [6, 6.07) is 14.9. The standard InChI is InChI=1S/C19H18N4O4S3/c1-2-28-19-22-21-18(29-19)20-17(24)16-12-23(14-10-6-7-11-15(14)27-16)30(25,26)13-8-4-3-5-9-13/h3-11,16H,2,12H2,1H3,(H,20,21,24)/t16-/m0/s1. The number of thioether (sulfide) groups is 1. The van der Waals surface area contributed by atoms with Gasteiger partial charge in [0.05, 0.1) is 17.1 Å². The maximum atomic E-state index is 13.3. The van der Waals surface area contributed by atoms with Crippen LogP contribution in [0.1, 0.15) is 6.92 Å². The Bertz CT molecular complexity index is 1150. The van der Waals surface area contributed by atoms with Crippen molar-refractivity contribution < 1.29 is 17.9 Å². The van der Waals surface area contributed by atoms with Crippen molar-refractivity contribution in [3.8, 4) is 5.75 Å². The topological polar surface area (TPSA) is 101 Å². The van der Waals surface area contributed by atoms with Crippen LogP contribution in [0, 0.1) is 0 Å². The molecular formula is C19H18N4O4S3. The van der Waals surface area contributed by atoms with E-state index in [-0.39, 0.29) is 11.4 Å². The van der Waals surface area contributed by atoms with Gasteiger partial charge in [-0.15, -0.1) is 10.2 Å². The average Bonchev–Trinajstić information content (AvgIpc) is 3.20. The molecule has 0 aliphatic carbocycles. The second-order valence-corrected chi connectivity index (χ2v) is 10.6. The van der Waals surface area contributed by atoms with Gasteiger partial charge in [0.2, 0.25) is 5.13 Å². The third kappa shape index (κ3) is 4.13. The Morgan fingerprint density at radius 2 is 1.93 bits per heavy atom. The lowest BCUT2D eigenvalue weighted by molar-refractivity contribution is -0.122. The smallest absolute Gasteiger partial charge is 0.269 e. The molecule has 0 bridgehead atoms. The van der Waals surface area contributed by atoms with Crippen LogP contribution in [-0.2, 0) is 14.8 Å². The van der Waals surface area contributed by atoms with Gasteiger partial charge in [-0.3, -0.25) is 14.4 Å². The molecule has 30 heavy (non-hydrogen) atoms. The number of carbonyl (C=O) groups is 1. The fourth-order valence-electron chi connectivity index (χ4n) is 2.91. The maximum absolute atomic E-state index is 13.3. The molecule has 1 atom stereocenters. The molecule has 1 N–H and O–H groups in total. The van der Waals surface area contributed by atoms with Crippen molar-refractivity contribution in [1.82, 2.24) is 10.2 Å². The lowest BCUT2D eigenvalue weighted by atomic mass is 10.2. The van der Waals surface area contributed by atoms with E-state index in [9.17, 15) is 13.2 Å². The molecule has 0 fully saturated rings. The minimum Gasteiger partial charge on any atom is -0.476 e. The quantitative estimate of drug-likeness (QED) is 0.443. The Labute approximate surface area is 182 Å². The summed E-state index contributed by atoms with van der Waals surface area (Å²) in [6.45, 7) is 1.84. The second kappa shape index (κ2) is 8.62. The van der Waals surface area contributed by atoms with Crippen molar-refractivity contribution in [3.63, 3.8) is 0 Å². The molecule has 1 aliphatic rings. The number of nitrogens with one attached hydrogen (secondary N) is 1. The van der Waals surface area contributed by atoms with E-state index < -0.39 is 22.0 Å². The number of hydrogen-bond acceptors (Lipinski definition) is 8. The second-order valence-electron chi connectivity index (χ2n) is 6.22. The Hall–Kier alpha value is -2.63. The first-order chi connectivity index (χ1) is 14.5. The highest BCUT2D eigenvalue weighted by Gasteiger charge is 2.37. The molecule has 1 aliphatic heterocycles. The fraction of sp³-hybridized carbons (Fsp3) is 0.211. The number of sulfonamides is 1. The molecule has 1 aromatic heterocycles. The van der Waals surface area contributed by atoms with Gasteiger partial charge in [0.25, 0.3) is 15.9 Å². The normalized spacial score (nSPS) is 15.9. The number of fused-ring (bicyclic) bond motifs is 1. The van der Waals surface area contributed by atoms with Gasteiger partial charge in [-0.25, -0.2) is 8.42 Å². The molecule has 1 amide bonds. The highest BCUT2D eigenvalue weighted by atomic mass is 32.2. The number of aromatic nitrogens is 2. The summed E-state index contributed by atoms with van der Waals surface area (Å²) in [5.41, 5.74) is 0.392. The van der Waals surface area contributed by atoms with Gasteiger partial charge in [0.1, 0.15) is 5.75 Å². The molecule has 156 valence electrons. The van der Waals surface area contributed by atoms with E-state index in [4.69, 9.17) is 4.74 Å². The third-order valence-electron chi connectivity index (χ3n) is 4.26. The minimum absolute atomic E-state index is 0.145. The van der Waals surface area contributed by atoms with E-state index in [1.165, 1.54) is 39.5 Å². The monoisotopic (exact) mass is 462 g/mol. The molecule has 4 rings (SSSR count). The zero-order chi connectivity index (χ0) is 21.1. The van der Waals surface area contributed by atoms with Crippen molar-refractivity contribution >= 4 is 49.8 Å². The highest BCUT2D eigenvalue weighted by Crippen LogP contribution is 2.37. The van der Waals surface area contributed by atoms with E-state index in [2.05, 4.69) is 15.5 Å². The summed E-state index contributed by atoms with van der Waals surface area (Å²) < 4.78 is 34.3. The van der Waals surface area contributed by atoms with E-state index >= 15 is 0 Å². The first-order valence-electron chi connectivity index (χ1n) is 9.09. The predicted molar refractivity (Wildman–Crippen MR) is 117 cm³/mol. The van der Waals surface area contributed by atoms with E-state index in [1.807, 2.05) is 6.92 Å². The van der Waals surface area contributed by atoms with Gasteiger partial charge in [0, 0.05) is 0 Å². The molecular weight excluding hydrogens is 444 g/mol. The first kappa shape index (κ1) is 20.6. The Morgan fingerprint density at radius 1 is 1.20 bits per heavy atom. The van der Waals surface area contributed by atoms with Crippen LogP contribution in [0.4, 0.5) is 10.8 Å². The number of anilines is 2. The van der Waals surface area contributed by atoms with E-state index in [0.29, 0.717) is 16.6 Å². The lowest BCUT2D eigenvalue weighted by Crippen LogP contribution is -2.48. The van der Waals surface area contributed by atoms with Gasteiger partial charge >= 0.3 is 0 Å². The summed E-state index contributed by atoms with van der Waals surface area (Å²) in [7, 11) is -3.87. The van der Waals surface area contributed by atoms with Gasteiger partial charge in [-0.2, -0.15) is 0 Å². The molecule has 8 nitrogen and oxygen atoms in total. The number of hydrogen-bond donors (Lipinski definition) is 1. The Morgan fingerprint density at radius 3 is 2.70 bits per heavy atom. The van der Waals surface area contributed by atoms with Gasteiger partial charge in [0.15, 0.2) is 10.4 Å². The Balaban J connectivity index is 1.61. The molecule has 3 aromatic rings. The van der Waals surface area contributed by atoms with Crippen LogP contribution in [0.2, 0.25) is 0 Å². The Kier molecular flexibility index (Phi) is 5.93. The molecule has 0 radical (unpaired) electrons.